The van der Waals surface area contributed by atoms with Crippen LogP contribution in [0.25, 0.3) is 10.9 Å². The molecular formula is C16H11ClN4. The SMILES string of the molecule is N#Cc1ncccc1CNc1ccc(Cl)c2cccnc12. The van der Waals surface area contributed by atoms with Crippen LogP contribution in [0.15, 0.2) is 48.8 Å². The van der Waals surface area contributed by atoms with Crippen LogP contribution in [0.4, 0.5) is 5.69 Å². The molecule has 0 spiro atoms. The van der Waals surface area contributed by atoms with Gasteiger partial charge in [-0.05, 0) is 30.3 Å². The Kier molecular flexibility index (Phi) is 3.67. The molecule has 1 N–H and O–H groups in total. The number of nitrogens with one attached hydrogen (secondary N) is 1. The molecule has 0 saturated carbocycles. The van der Waals surface area contributed by atoms with Gasteiger partial charge in [-0.3, -0.25) is 4.98 Å². The quantitative estimate of drug-likeness (QED) is 0.799. The van der Waals surface area contributed by atoms with E-state index in [2.05, 4.69) is 21.4 Å². The van der Waals surface area contributed by atoms with Crippen molar-refractivity contribution in [1.29, 1.82) is 5.26 Å². The van der Waals surface area contributed by atoms with Gasteiger partial charge in [0.1, 0.15) is 11.8 Å². The molecule has 4 nitrogen and oxygen atoms in total. The number of nitriles is 1. The highest BCUT2D eigenvalue weighted by molar-refractivity contribution is 6.35. The first-order valence-electron chi connectivity index (χ1n) is 6.40. The van der Waals surface area contributed by atoms with Gasteiger partial charge in [0.25, 0.3) is 0 Å². The largest absolute Gasteiger partial charge is 0.379 e. The van der Waals surface area contributed by atoms with E-state index in [0.29, 0.717) is 17.3 Å². The number of hydrogen-bond acceptors (Lipinski definition) is 4. The van der Waals surface area contributed by atoms with Gasteiger partial charge in [0.05, 0.1) is 16.2 Å². The molecule has 2 aromatic heterocycles. The van der Waals surface area contributed by atoms with Crippen molar-refractivity contribution in [3.05, 3.63) is 65.1 Å². The summed E-state index contributed by atoms with van der Waals surface area (Å²) in [7, 11) is 0. The molecule has 5 heteroatoms. The number of hydrogen-bond donors (Lipinski definition) is 1. The maximum Gasteiger partial charge on any atom is 0.145 e. The Morgan fingerprint density at radius 2 is 1.90 bits per heavy atom. The Morgan fingerprint density at radius 3 is 2.76 bits per heavy atom. The lowest BCUT2D eigenvalue weighted by Gasteiger charge is -2.10. The zero-order valence-electron chi connectivity index (χ0n) is 11.0. The van der Waals surface area contributed by atoms with Crippen LogP contribution in [0, 0.1) is 11.3 Å². The monoisotopic (exact) mass is 294 g/mol. The van der Waals surface area contributed by atoms with Crippen molar-refractivity contribution in [1.82, 2.24) is 9.97 Å². The van der Waals surface area contributed by atoms with E-state index in [0.717, 1.165) is 22.2 Å². The van der Waals surface area contributed by atoms with Gasteiger partial charge in [-0.25, -0.2) is 4.98 Å². The highest BCUT2D eigenvalue weighted by Crippen LogP contribution is 2.28. The van der Waals surface area contributed by atoms with Crippen molar-refractivity contribution in [3.63, 3.8) is 0 Å². The van der Waals surface area contributed by atoms with Crippen LogP contribution in [0.3, 0.4) is 0 Å². The van der Waals surface area contributed by atoms with E-state index in [-0.39, 0.29) is 0 Å². The van der Waals surface area contributed by atoms with Crippen LogP contribution >= 0.6 is 11.6 Å². The van der Waals surface area contributed by atoms with Crippen LogP contribution < -0.4 is 5.32 Å². The lowest BCUT2D eigenvalue weighted by Crippen LogP contribution is -2.03. The highest BCUT2D eigenvalue weighted by atomic mass is 35.5. The fourth-order valence-corrected chi connectivity index (χ4v) is 2.37. The Bertz CT molecular complexity index is 839. The predicted molar refractivity (Wildman–Crippen MR) is 83.0 cm³/mol. The van der Waals surface area contributed by atoms with Crippen molar-refractivity contribution < 1.29 is 0 Å². The van der Waals surface area contributed by atoms with E-state index in [1.165, 1.54) is 0 Å². The molecule has 0 aliphatic carbocycles. The van der Waals surface area contributed by atoms with Gasteiger partial charge in [-0.15, -0.1) is 0 Å². The van der Waals surface area contributed by atoms with E-state index in [1.807, 2.05) is 36.4 Å². The topological polar surface area (TPSA) is 61.6 Å². The fraction of sp³-hybridized carbons (Fsp3) is 0.0625. The summed E-state index contributed by atoms with van der Waals surface area (Å²) in [5.74, 6) is 0. The average Bonchev–Trinajstić information content (AvgIpc) is 2.55. The standard InChI is InChI=1S/C16H11ClN4/c17-13-5-6-14(16-12(13)4-2-8-20-16)21-10-11-3-1-7-19-15(11)9-18/h1-8,21H,10H2. The molecule has 0 aliphatic heterocycles. The van der Waals surface area contributed by atoms with Crippen molar-refractivity contribution in [2.45, 2.75) is 6.54 Å². The molecule has 102 valence electrons. The summed E-state index contributed by atoms with van der Waals surface area (Å²) in [6.07, 6.45) is 3.34. The summed E-state index contributed by atoms with van der Waals surface area (Å²) in [6, 6.07) is 13.3. The van der Waals surface area contributed by atoms with E-state index in [4.69, 9.17) is 16.9 Å². The first kappa shape index (κ1) is 13.3. The number of nitrogens with zero attached hydrogens (tertiary/aromatic N) is 3. The molecule has 2 heterocycles. The number of fused-ring (bicyclic) bond motifs is 1. The summed E-state index contributed by atoms with van der Waals surface area (Å²) < 4.78 is 0. The summed E-state index contributed by atoms with van der Waals surface area (Å²) >= 11 is 6.17. The third-order valence-electron chi connectivity index (χ3n) is 3.18. The number of aromatic nitrogens is 2. The van der Waals surface area contributed by atoms with Gasteiger partial charge in [-0.1, -0.05) is 17.7 Å². The molecule has 3 rings (SSSR count). The Balaban J connectivity index is 1.93. The molecule has 0 fully saturated rings. The number of halogens is 1. The zero-order valence-corrected chi connectivity index (χ0v) is 11.8. The Hall–Kier alpha value is -2.64. The molecule has 0 unspecified atom stereocenters. The number of pyridine rings is 2. The van der Waals surface area contributed by atoms with Gasteiger partial charge < -0.3 is 5.32 Å². The lowest BCUT2D eigenvalue weighted by atomic mass is 10.1. The molecule has 21 heavy (non-hydrogen) atoms. The van der Waals surface area contributed by atoms with E-state index >= 15 is 0 Å². The molecule has 0 aliphatic rings. The minimum absolute atomic E-state index is 0.427. The van der Waals surface area contributed by atoms with Gasteiger partial charge in [0.2, 0.25) is 0 Å². The molecule has 0 amide bonds. The Labute approximate surface area is 127 Å². The summed E-state index contributed by atoms with van der Waals surface area (Å²) in [4.78, 5) is 8.42. The van der Waals surface area contributed by atoms with Gasteiger partial charge >= 0.3 is 0 Å². The van der Waals surface area contributed by atoms with Gasteiger partial charge in [0.15, 0.2) is 0 Å². The molecule has 1 aromatic carbocycles. The highest BCUT2D eigenvalue weighted by Gasteiger charge is 2.07. The van der Waals surface area contributed by atoms with Crippen LogP contribution in [0.5, 0.6) is 0 Å². The maximum atomic E-state index is 9.05. The van der Waals surface area contributed by atoms with Gasteiger partial charge in [-0.2, -0.15) is 5.26 Å². The van der Waals surface area contributed by atoms with E-state index < -0.39 is 0 Å². The van der Waals surface area contributed by atoms with Crippen LogP contribution in [-0.4, -0.2) is 9.97 Å². The zero-order chi connectivity index (χ0) is 14.7. The van der Waals surface area contributed by atoms with Gasteiger partial charge in [0, 0.05) is 29.9 Å². The minimum atomic E-state index is 0.427. The van der Waals surface area contributed by atoms with Crippen LogP contribution in [0.2, 0.25) is 5.02 Å². The molecule has 0 bridgehead atoms. The smallest absolute Gasteiger partial charge is 0.145 e. The number of rotatable bonds is 3. The number of anilines is 1. The lowest BCUT2D eigenvalue weighted by molar-refractivity contribution is 1.09. The second-order valence-electron chi connectivity index (χ2n) is 4.47. The van der Waals surface area contributed by atoms with E-state index in [9.17, 15) is 0 Å². The average molecular weight is 295 g/mol. The van der Waals surface area contributed by atoms with Crippen molar-refractivity contribution in [2.24, 2.45) is 0 Å². The van der Waals surface area contributed by atoms with Crippen LogP contribution in [0.1, 0.15) is 11.3 Å². The first-order valence-corrected chi connectivity index (χ1v) is 6.78. The third kappa shape index (κ3) is 2.64. The summed E-state index contributed by atoms with van der Waals surface area (Å²) in [5, 5.41) is 13.9. The van der Waals surface area contributed by atoms with Crippen molar-refractivity contribution in [2.75, 3.05) is 5.32 Å². The minimum Gasteiger partial charge on any atom is -0.379 e. The predicted octanol–water partition coefficient (Wildman–Crippen LogP) is 3.77. The third-order valence-corrected chi connectivity index (χ3v) is 3.51. The maximum absolute atomic E-state index is 9.05. The van der Waals surface area contributed by atoms with E-state index in [1.54, 1.807) is 12.4 Å². The fourth-order valence-electron chi connectivity index (χ4n) is 2.15. The second-order valence-corrected chi connectivity index (χ2v) is 4.88. The number of benzene rings is 1. The van der Waals surface area contributed by atoms with Crippen molar-refractivity contribution in [3.8, 4) is 6.07 Å². The first-order chi connectivity index (χ1) is 10.3. The second kappa shape index (κ2) is 5.78. The van der Waals surface area contributed by atoms with Crippen molar-refractivity contribution >= 4 is 28.2 Å². The summed E-state index contributed by atoms with van der Waals surface area (Å²) in [5.41, 5.74) is 2.96. The van der Waals surface area contributed by atoms with Crippen LogP contribution in [-0.2, 0) is 6.54 Å². The molecule has 0 saturated heterocycles. The summed E-state index contributed by atoms with van der Waals surface area (Å²) in [6.45, 7) is 0.504. The molecule has 0 radical (unpaired) electrons. The Morgan fingerprint density at radius 1 is 1.10 bits per heavy atom. The molecule has 3 aromatic rings. The molecule has 0 atom stereocenters. The molecular weight excluding hydrogens is 284 g/mol. The normalized spacial score (nSPS) is 10.3.